The van der Waals surface area contributed by atoms with Gasteiger partial charge in [0.05, 0.1) is 10.9 Å². The predicted octanol–water partition coefficient (Wildman–Crippen LogP) is 4.63. The molecule has 0 saturated carbocycles. The topological polar surface area (TPSA) is 37.4 Å². The fourth-order valence-corrected chi connectivity index (χ4v) is 5.02. The molecule has 1 unspecified atom stereocenters. The number of rotatable bonds is 3. The lowest BCUT2D eigenvalue weighted by atomic mass is 9.99. The average Bonchev–Trinajstić information content (AvgIpc) is 3.03. The van der Waals surface area contributed by atoms with Crippen LogP contribution in [0.2, 0.25) is 5.02 Å². The van der Waals surface area contributed by atoms with Gasteiger partial charge in [-0.15, -0.1) is 0 Å². The Bertz CT molecular complexity index is 1000. The molecule has 0 fully saturated rings. The van der Waals surface area contributed by atoms with Gasteiger partial charge in [0.1, 0.15) is 0 Å². The van der Waals surface area contributed by atoms with Crippen LogP contribution in [0.5, 0.6) is 0 Å². The van der Waals surface area contributed by atoms with E-state index in [1.165, 1.54) is 0 Å². The molecule has 1 atom stereocenters. The van der Waals surface area contributed by atoms with Crippen LogP contribution in [0, 0.1) is 0 Å². The largest absolute Gasteiger partial charge is 0.244 e. The molecule has 1 heterocycles. The highest BCUT2D eigenvalue weighted by Gasteiger charge is 2.39. The van der Waals surface area contributed by atoms with Gasteiger partial charge in [-0.2, -0.15) is 4.31 Å². The molecule has 0 radical (unpaired) electrons. The second-order valence-electron chi connectivity index (χ2n) is 6.02. The Hall–Kier alpha value is -2.14. The van der Waals surface area contributed by atoms with E-state index >= 15 is 0 Å². The summed E-state index contributed by atoms with van der Waals surface area (Å²) in [6.07, 6.45) is 0. The van der Waals surface area contributed by atoms with E-state index < -0.39 is 10.0 Å². The zero-order chi connectivity index (χ0) is 17.4. The molecule has 3 nitrogen and oxygen atoms in total. The molecule has 0 N–H and O–H groups in total. The minimum absolute atomic E-state index is 0.307. The van der Waals surface area contributed by atoms with Crippen LogP contribution in [0.1, 0.15) is 22.7 Å². The molecule has 1 aliphatic heterocycles. The van der Waals surface area contributed by atoms with Gasteiger partial charge in [-0.1, -0.05) is 66.2 Å². The molecule has 0 aliphatic carbocycles. The van der Waals surface area contributed by atoms with E-state index in [1.54, 1.807) is 40.7 Å². The van der Waals surface area contributed by atoms with Crippen molar-refractivity contribution in [1.82, 2.24) is 4.31 Å². The Morgan fingerprint density at radius 3 is 2.20 bits per heavy atom. The van der Waals surface area contributed by atoms with Gasteiger partial charge in [-0.05, 0) is 41.0 Å². The van der Waals surface area contributed by atoms with E-state index in [4.69, 9.17) is 11.6 Å². The molecule has 3 aromatic rings. The third-order valence-corrected chi connectivity index (χ3v) is 6.58. The third kappa shape index (κ3) is 2.86. The minimum atomic E-state index is -3.61. The van der Waals surface area contributed by atoms with Crippen molar-refractivity contribution >= 4 is 21.6 Å². The quantitative estimate of drug-likeness (QED) is 0.674. The van der Waals surface area contributed by atoms with Crippen molar-refractivity contribution in [1.29, 1.82) is 0 Å². The Kier molecular flexibility index (Phi) is 4.12. The van der Waals surface area contributed by atoms with Gasteiger partial charge in [0, 0.05) is 11.6 Å². The van der Waals surface area contributed by atoms with Gasteiger partial charge < -0.3 is 0 Å². The summed E-state index contributed by atoms with van der Waals surface area (Å²) < 4.78 is 28.1. The van der Waals surface area contributed by atoms with Gasteiger partial charge >= 0.3 is 0 Å². The van der Waals surface area contributed by atoms with Crippen LogP contribution >= 0.6 is 11.6 Å². The summed E-state index contributed by atoms with van der Waals surface area (Å²) in [5.74, 6) is 0. The van der Waals surface area contributed by atoms with Crippen molar-refractivity contribution in [3.8, 4) is 0 Å². The van der Waals surface area contributed by atoms with Crippen molar-refractivity contribution in [3.63, 3.8) is 0 Å². The zero-order valence-corrected chi connectivity index (χ0v) is 14.9. The second-order valence-corrected chi connectivity index (χ2v) is 8.34. The molecule has 0 bridgehead atoms. The molecule has 0 amide bonds. The summed E-state index contributed by atoms with van der Waals surface area (Å²) in [6, 6.07) is 23.5. The molecule has 3 aromatic carbocycles. The Balaban J connectivity index is 1.86. The Labute approximate surface area is 152 Å². The van der Waals surface area contributed by atoms with Crippen molar-refractivity contribution in [2.24, 2.45) is 0 Å². The van der Waals surface area contributed by atoms with Crippen LogP contribution in [0.3, 0.4) is 0 Å². The number of halogens is 1. The lowest BCUT2D eigenvalue weighted by Crippen LogP contribution is -2.30. The lowest BCUT2D eigenvalue weighted by Gasteiger charge is -2.25. The number of benzene rings is 3. The van der Waals surface area contributed by atoms with Crippen molar-refractivity contribution in [3.05, 3.63) is 101 Å². The van der Waals surface area contributed by atoms with E-state index in [-0.39, 0.29) is 6.04 Å². The fraction of sp³-hybridized carbons (Fsp3) is 0.100. The number of nitrogens with zero attached hydrogens (tertiary/aromatic N) is 1. The number of sulfonamides is 1. The molecular formula is C20H16ClNO2S. The normalized spacial score (nSPS) is 17.4. The van der Waals surface area contributed by atoms with Crippen LogP contribution in [0.25, 0.3) is 0 Å². The van der Waals surface area contributed by atoms with Crippen LogP contribution < -0.4 is 0 Å². The molecule has 5 heteroatoms. The summed E-state index contributed by atoms with van der Waals surface area (Å²) in [5, 5.41) is 0.632. The number of fused-ring (bicyclic) bond motifs is 1. The summed E-state index contributed by atoms with van der Waals surface area (Å²) >= 11 is 6.01. The lowest BCUT2D eigenvalue weighted by molar-refractivity contribution is 0.387. The minimum Gasteiger partial charge on any atom is -0.207 e. The van der Waals surface area contributed by atoms with Crippen LogP contribution in [0.4, 0.5) is 0 Å². The average molecular weight is 370 g/mol. The molecule has 126 valence electrons. The number of hydrogen-bond acceptors (Lipinski definition) is 2. The Morgan fingerprint density at radius 1 is 0.840 bits per heavy atom. The Morgan fingerprint density at radius 2 is 1.48 bits per heavy atom. The maximum absolute atomic E-state index is 13.3. The SMILES string of the molecule is O=S(=O)(c1ccccc1)N1Cc2ccccc2C1c1ccc(Cl)cc1. The monoisotopic (exact) mass is 369 g/mol. The maximum Gasteiger partial charge on any atom is 0.244 e. The molecule has 0 aromatic heterocycles. The number of hydrogen-bond donors (Lipinski definition) is 0. The predicted molar refractivity (Wildman–Crippen MR) is 98.9 cm³/mol. The van der Waals surface area contributed by atoms with E-state index in [1.807, 2.05) is 42.5 Å². The highest BCUT2D eigenvalue weighted by Crippen LogP contribution is 2.42. The van der Waals surface area contributed by atoms with Crippen molar-refractivity contribution in [2.45, 2.75) is 17.5 Å². The highest BCUT2D eigenvalue weighted by atomic mass is 35.5. The van der Waals surface area contributed by atoms with Crippen LogP contribution in [-0.2, 0) is 16.6 Å². The van der Waals surface area contributed by atoms with Gasteiger partial charge in [-0.3, -0.25) is 0 Å². The molecule has 0 spiro atoms. The summed E-state index contributed by atoms with van der Waals surface area (Å²) in [5.41, 5.74) is 2.96. The molecule has 25 heavy (non-hydrogen) atoms. The summed E-state index contributed by atoms with van der Waals surface area (Å²) in [7, 11) is -3.61. The van der Waals surface area contributed by atoms with Gasteiger partial charge in [0.25, 0.3) is 0 Å². The van der Waals surface area contributed by atoms with E-state index in [0.717, 1.165) is 16.7 Å². The first-order valence-corrected chi connectivity index (χ1v) is 9.79. The molecular weight excluding hydrogens is 354 g/mol. The van der Waals surface area contributed by atoms with E-state index in [9.17, 15) is 8.42 Å². The van der Waals surface area contributed by atoms with E-state index in [2.05, 4.69) is 0 Å². The first kappa shape index (κ1) is 16.3. The fourth-order valence-electron chi connectivity index (χ4n) is 3.30. The van der Waals surface area contributed by atoms with Gasteiger partial charge in [-0.25, -0.2) is 8.42 Å². The van der Waals surface area contributed by atoms with Crippen LogP contribution in [-0.4, -0.2) is 12.7 Å². The first-order valence-electron chi connectivity index (χ1n) is 7.97. The smallest absolute Gasteiger partial charge is 0.207 e. The first-order chi connectivity index (χ1) is 12.1. The zero-order valence-electron chi connectivity index (χ0n) is 13.3. The van der Waals surface area contributed by atoms with Gasteiger partial charge in [0.2, 0.25) is 10.0 Å². The van der Waals surface area contributed by atoms with Crippen molar-refractivity contribution < 1.29 is 8.42 Å². The molecule has 1 aliphatic rings. The third-order valence-electron chi connectivity index (χ3n) is 4.50. The van der Waals surface area contributed by atoms with Gasteiger partial charge in [0.15, 0.2) is 0 Å². The standard InChI is InChI=1S/C20H16ClNO2S/c21-17-12-10-15(11-13-17)20-19-9-5-4-6-16(19)14-22(20)25(23,24)18-7-2-1-3-8-18/h1-13,20H,14H2. The van der Waals surface area contributed by atoms with Crippen LogP contribution in [0.15, 0.2) is 83.8 Å². The highest BCUT2D eigenvalue weighted by molar-refractivity contribution is 7.89. The second kappa shape index (κ2) is 6.30. The molecule has 0 saturated heterocycles. The molecule has 4 rings (SSSR count). The maximum atomic E-state index is 13.3. The summed E-state index contributed by atoms with van der Waals surface area (Å²) in [6.45, 7) is 0.362. The van der Waals surface area contributed by atoms with E-state index in [0.29, 0.717) is 16.5 Å². The van der Waals surface area contributed by atoms with Crippen molar-refractivity contribution in [2.75, 3.05) is 0 Å². The summed E-state index contributed by atoms with van der Waals surface area (Å²) in [4.78, 5) is 0.307.